The molecule has 18 heavy (non-hydrogen) atoms. The number of hydrogen-bond acceptors (Lipinski definition) is 2. The average Bonchev–Trinajstić information content (AvgIpc) is 2.24. The monoisotopic (exact) mass is 287 g/mol. The number of hydroxylamine groups is 1. The maximum Gasteiger partial charge on any atom is 0.267 e. The molecule has 0 bridgehead atoms. The van der Waals surface area contributed by atoms with Crippen LogP contribution in [0.3, 0.4) is 0 Å². The molecule has 1 aromatic carbocycles. The predicted molar refractivity (Wildman–Crippen MR) is 74.5 cm³/mol. The summed E-state index contributed by atoms with van der Waals surface area (Å²) in [6.07, 6.45) is 2.95. The Labute approximate surface area is 117 Å². The molecule has 0 aliphatic carbocycles. The van der Waals surface area contributed by atoms with Gasteiger partial charge in [-0.2, -0.15) is 0 Å². The highest BCUT2D eigenvalue weighted by Gasteiger charge is 2.11. The minimum absolute atomic E-state index is 0.351. The molecule has 1 aromatic rings. The minimum Gasteiger partial charge on any atom is -0.268 e. The van der Waals surface area contributed by atoms with Gasteiger partial charge in [-0.25, -0.2) is 5.48 Å². The maximum atomic E-state index is 11.4. The maximum absolute atomic E-state index is 11.4. The van der Waals surface area contributed by atoms with Crippen LogP contribution in [0.5, 0.6) is 0 Å². The molecule has 3 nitrogen and oxygen atoms in total. The minimum atomic E-state index is -0.429. The zero-order chi connectivity index (χ0) is 13.8. The number of carbonyl (C=O) groups is 1. The summed E-state index contributed by atoms with van der Waals surface area (Å²) in [5, 5.41) is 1.04. The van der Waals surface area contributed by atoms with Crippen molar-refractivity contribution in [1.29, 1.82) is 0 Å². The molecule has 0 unspecified atom stereocenters. The van der Waals surface area contributed by atoms with Gasteiger partial charge in [-0.3, -0.25) is 9.63 Å². The van der Waals surface area contributed by atoms with E-state index in [1.165, 1.54) is 6.08 Å². The van der Waals surface area contributed by atoms with Crippen molar-refractivity contribution in [2.24, 2.45) is 0 Å². The highest BCUT2D eigenvalue weighted by Crippen LogP contribution is 2.21. The van der Waals surface area contributed by atoms with Crippen molar-refractivity contribution in [3.63, 3.8) is 0 Å². The number of amides is 1. The van der Waals surface area contributed by atoms with Gasteiger partial charge in [0.05, 0.1) is 5.60 Å². The van der Waals surface area contributed by atoms with Gasteiger partial charge in [0.15, 0.2) is 0 Å². The first-order chi connectivity index (χ1) is 8.28. The van der Waals surface area contributed by atoms with E-state index in [1.54, 1.807) is 24.3 Å². The van der Waals surface area contributed by atoms with Crippen LogP contribution in [-0.2, 0) is 9.63 Å². The number of carbonyl (C=O) groups excluding carboxylic acids is 1. The van der Waals surface area contributed by atoms with E-state index in [2.05, 4.69) is 5.48 Å². The molecule has 0 fully saturated rings. The smallest absolute Gasteiger partial charge is 0.267 e. The third kappa shape index (κ3) is 5.54. The van der Waals surface area contributed by atoms with E-state index in [1.807, 2.05) is 20.8 Å². The molecule has 0 heterocycles. The molecule has 0 saturated heterocycles. The van der Waals surface area contributed by atoms with Crippen molar-refractivity contribution in [1.82, 2.24) is 5.48 Å². The number of hydrogen-bond donors (Lipinski definition) is 1. The second kappa shape index (κ2) is 6.23. The van der Waals surface area contributed by atoms with Crippen LogP contribution in [-0.4, -0.2) is 11.5 Å². The Morgan fingerprint density at radius 1 is 1.33 bits per heavy atom. The van der Waals surface area contributed by atoms with Gasteiger partial charge in [0.2, 0.25) is 0 Å². The summed E-state index contributed by atoms with van der Waals surface area (Å²) < 4.78 is 0. The molecule has 5 heteroatoms. The molecule has 0 aliphatic rings. The zero-order valence-electron chi connectivity index (χ0n) is 10.5. The van der Waals surface area contributed by atoms with Gasteiger partial charge < -0.3 is 0 Å². The van der Waals surface area contributed by atoms with E-state index in [0.717, 1.165) is 0 Å². The van der Waals surface area contributed by atoms with Crippen LogP contribution in [0.1, 0.15) is 26.3 Å². The molecule has 0 saturated carbocycles. The van der Waals surface area contributed by atoms with E-state index in [-0.39, 0.29) is 5.91 Å². The number of rotatable bonds is 3. The largest absolute Gasteiger partial charge is 0.268 e. The van der Waals surface area contributed by atoms with Gasteiger partial charge in [0.25, 0.3) is 5.91 Å². The highest BCUT2D eigenvalue weighted by molar-refractivity contribution is 6.35. The van der Waals surface area contributed by atoms with Gasteiger partial charge in [0.1, 0.15) is 0 Å². The summed E-state index contributed by atoms with van der Waals surface area (Å²) in [7, 11) is 0. The Balaban J connectivity index is 2.61. The lowest BCUT2D eigenvalue weighted by Gasteiger charge is -2.18. The quantitative estimate of drug-likeness (QED) is 0.677. The van der Waals surface area contributed by atoms with E-state index in [0.29, 0.717) is 15.6 Å². The molecule has 0 radical (unpaired) electrons. The standard InChI is InChI=1S/C13H15Cl2NO2/c1-13(2,3)18-16-12(17)7-5-9-4-6-10(14)8-11(9)15/h4-8H,1-3H3,(H,16,17)/b7-5+. The molecular formula is C13H15Cl2NO2. The second-order valence-electron chi connectivity index (χ2n) is 4.68. The van der Waals surface area contributed by atoms with E-state index >= 15 is 0 Å². The van der Waals surface area contributed by atoms with E-state index in [4.69, 9.17) is 28.0 Å². The molecule has 1 N–H and O–H groups in total. The number of halogens is 2. The molecule has 1 rings (SSSR count). The second-order valence-corrected chi connectivity index (χ2v) is 5.52. The van der Waals surface area contributed by atoms with Crippen molar-refractivity contribution >= 4 is 35.2 Å². The van der Waals surface area contributed by atoms with Crippen molar-refractivity contribution < 1.29 is 9.63 Å². The Kier molecular flexibility index (Phi) is 5.20. The van der Waals surface area contributed by atoms with Crippen LogP contribution in [0.4, 0.5) is 0 Å². The lowest BCUT2D eigenvalue weighted by Crippen LogP contribution is -2.32. The average molecular weight is 288 g/mol. The van der Waals surface area contributed by atoms with Crippen LogP contribution < -0.4 is 5.48 Å². The van der Waals surface area contributed by atoms with Crippen LogP contribution in [0.25, 0.3) is 6.08 Å². The molecule has 0 atom stereocenters. The lowest BCUT2D eigenvalue weighted by molar-refractivity contribution is -0.140. The summed E-state index contributed by atoms with van der Waals surface area (Å²) in [6, 6.07) is 5.06. The summed E-state index contributed by atoms with van der Waals surface area (Å²) in [4.78, 5) is 16.6. The van der Waals surface area contributed by atoms with Crippen LogP contribution in [0.2, 0.25) is 10.0 Å². The van der Waals surface area contributed by atoms with Crippen molar-refractivity contribution in [3.05, 3.63) is 39.9 Å². The van der Waals surface area contributed by atoms with Gasteiger partial charge in [0, 0.05) is 16.1 Å². The highest BCUT2D eigenvalue weighted by atomic mass is 35.5. The lowest BCUT2D eigenvalue weighted by atomic mass is 10.2. The van der Waals surface area contributed by atoms with Gasteiger partial charge in [-0.1, -0.05) is 29.3 Å². The summed E-state index contributed by atoms with van der Waals surface area (Å²) in [5.74, 6) is -0.351. The topological polar surface area (TPSA) is 38.3 Å². The molecule has 98 valence electrons. The summed E-state index contributed by atoms with van der Waals surface area (Å²) >= 11 is 11.7. The fraction of sp³-hybridized carbons (Fsp3) is 0.308. The summed E-state index contributed by atoms with van der Waals surface area (Å²) in [6.45, 7) is 5.52. The normalized spacial score (nSPS) is 11.8. The number of benzene rings is 1. The fourth-order valence-corrected chi connectivity index (χ4v) is 1.51. The van der Waals surface area contributed by atoms with Crippen LogP contribution in [0.15, 0.2) is 24.3 Å². The van der Waals surface area contributed by atoms with Crippen molar-refractivity contribution in [2.45, 2.75) is 26.4 Å². The molecule has 0 aliphatic heterocycles. The SMILES string of the molecule is CC(C)(C)ONC(=O)/C=C/c1ccc(Cl)cc1Cl. The zero-order valence-corrected chi connectivity index (χ0v) is 12.0. The van der Waals surface area contributed by atoms with E-state index in [9.17, 15) is 4.79 Å². The van der Waals surface area contributed by atoms with Gasteiger partial charge in [-0.05, 0) is 44.5 Å². The first-order valence-corrected chi connectivity index (χ1v) is 6.14. The van der Waals surface area contributed by atoms with Gasteiger partial charge >= 0.3 is 0 Å². The van der Waals surface area contributed by atoms with E-state index < -0.39 is 5.60 Å². The Morgan fingerprint density at radius 2 is 2.00 bits per heavy atom. The molecular weight excluding hydrogens is 273 g/mol. The molecule has 1 amide bonds. The third-order valence-corrected chi connectivity index (χ3v) is 2.40. The predicted octanol–water partition coefficient (Wildman–Crippen LogP) is 3.85. The first kappa shape index (κ1) is 15.0. The number of nitrogens with one attached hydrogen (secondary N) is 1. The molecule has 0 spiro atoms. The first-order valence-electron chi connectivity index (χ1n) is 5.39. The summed E-state index contributed by atoms with van der Waals surface area (Å²) in [5.41, 5.74) is 2.61. The van der Waals surface area contributed by atoms with Crippen LogP contribution >= 0.6 is 23.2 Å². The third-order valence-electron chi connectivity index (χ3n) is 1.83. The van der Waals surface area contributed by atoms with Crippen LogP contribution in [0, 0.1) is 0 Å². The Hall–Kier alpha value is -1.03. The Bertz CT molecular complexity index is 465. The van der Waals surface area contributed by atoms with Crippen molar-refractivity contribution in [2.75, 3.05) is 0 Å². The molecule has 0 aromatic heterocycles. The van der Waals surface area contributed by atoms with Gasteiger partial charge in [-0.15, -0.1) is 0 Å². The fourth-order valence-electron chi connectivity index (χ4n) is 1.04. The Morgan fingerprint density at radius 3 is 2.56 bits per heavy atom. The van der Waals surface area contributed by atoms with Crippen molar-refractivity contribution in [3.8, 4) is 0 Å².